The van der Waals surface area contributed by atoms with Crippen LogP contribution in [-0.2, 0) is 32.6 Å². The van der Waals surface area contributed by atoms with Crippen molar-refractivity contribution in [2.24, 2.45) is 0 Å². The largest absolute Gasteiger partial charge is 0.494 e. The van der Waals surface area contributed by atoms with E-state index < -0.39 is 28.5 Å². The molecule has 0 aromatic heterocycles. The maximum absolute atomic E-state index is 14.5. The fraction of sp³-hybridized carbons (Fsp3) is 0.297. The Morgan fingerprint density at radius 2 is 1.39 bits per heavy atom. The second-order valence-corrected chi connectivity index (χ2v) is 13.1. The number of nitrogens with one attached hydrogen (secondary N) is 1. The van der Waals surface area contributed by atoms with E-state index in [2.05, 4.69) is 5.32 Å². The number of aryl methyl sites for hydroxylation is 1. The summed E-state index contributed by atoms with van der Waals surface area (Å²) in [6, 6.07) is 31.1. The predicted octanol–water partition coefficient (Wildman–Crippen LogP) is 6.14. The monoisotopic (exact) mass is 641 g/mol. The molecule has 9 heteroatoms. The lowest BCUT2D eigenvalue weighted by Crippen LogP contribution is -2.54. The maximum Gasteiger partial charge on any atom is 0.264 e. The molecule has 46 heavy (non-hydrogen) atoms. The van der Waals surface area contributed by atoms with Crippen molar-refractivity contribution >= 4 is 27.5 Å². The normalized spacial score (nSPS) is 12.5. The van der Waals surface area contributed by atoms with Crippen molar-refractivity contribution in [2.75, 3.05) is 17.5 Å². The minimum absolute atomic E-state index is 0.0599. The Morgan fingerprint density at radius 1 is 0.804 bits per heavy atom. The average molecular weight is 642 g/mol. The molecule has 0 aliphatic heterocycles. The van der Waals surface area contributed by atoms with Crippen molar-refractivity contribution in [3.8, 4) is 5.75 Å². The molecule has 4 rings (SSSR count). The van der Waals surface area contributed by atoms with Gasteiger partial charge in [-0.25, -0.2) is 8.42 Å². The Labute approximate surface area is 273 Å². The summed E-state index contributed by atoms with van der Waals surface area (Å²) in [7, 11) is -4.18. The quantitative estimate of drug-likeness (QED) is 0.168. The summed E-state index contributed by atoms with van der Waals surface area (Å²) in [6.45, 7) is 7.70. The molecule has 0 heterocycles. The number of carbonyl (C=O) groups excluding carboxylic acids is 2. The van der Waals surface area contributed by atoms with Gasteiger partial charge in [-0.15, -0.1) is 0 Å². The van der Waals surface area contributed by atoms with Crippen LogP contribution in [0.2, 0.25) is 0 Å². The third-order valence-corrected chi connectivity index (χ3v) is 9.58. The van der Waals surface area contributed by atoms with Gasteiger partial charge in [-0.05, 0) is 74.7 Å². The van der Waals surface area contributed by atoms with Crippen molar-refractivity contribution in [1.82, 2.24) is 10.2 Å². The van der Waals surface area contributed by atoms with Gasteiger partial charge >= 0.3 is 0 Å². The van der Waals surface area contributed by atoms with Crippen LogP contribution in [0.15, 0.2) is 114 Å². The molecule has 8 nitrogen and oxygen atoms in total. The van der Waals surface area contributed by atoms with E-state index in [0.29, 0.717) is 18.0 Å². The first-order chi connectivity index (χ1) is 22.1. The zero-order valence-electron chi connectivity index (χ0n) is 26.9. The number of amides is 2. The molecule has 0 aliphatic rings. The van der Waals surface area contributed by atoms with Gasteiger partial charge in [0.05, 0.1) is 17.2 Å². The van der Waals surface area contributed by atoms with E-state index in [4.69, 9.17) is 4.74 Å². The van der Waals surface area contributed by atoms with Crippen LogP contribution in [-0.4, -0.2) is 50.4 Å². The maximum atomic E-state index is 14.5. The Bertz CT molecular complexity index is 1660. The van der Waals surface area contributed by atoms with Crippen LogP contribution in [0.1, 0.15) is 43.9 Å². The third-order valence-electron chi connectivity index (χ3n) is 7.79. The highest BCUT2D eigenvalue weighted by molar-refractivity contribution is 7.92. The van der Waals surface area contributed by atoms with Gasteiger partial charge in [0.25, 0.3) is 10.0 Å². The number of sulfonamides is 1. The van der Waals surface area contributed by atoms with Crippen LogP contribution in [0, 0.1) is 6.92 Å². The molecule has 242 valence electrons. The van der Waals surface area contributed by atoms with Crippen LogP contribution >= 0.6 is 0 Å². The van der Waals surface area contributed by atoms with E-state index >= 15 is 0 Å². The number of carbonyl (C=O) groups is 2. The van der Waals surface area contributed by atoms with Gasteiger partial charge in [0.2, 0.25) is 11.8 Å². The van der Waals surface area contributed by atoms with E-state index in [1.807, 2.05) is 88.4 Å². The van der Waals surface area contributed by atoms with Crippen LogP contribution in [0.4, 0.5) is 5.69 Å². The molecule has 4 aromatic carbocycles. The number of nitrogens with zero attached hydrogens (tertiary/aromatic N) is 2. The van der Waals surface area contributed by atoms with Crippen molar-refractivity contribution in [1.29, 1.82) is 0 Å². The standard InChI is InChI=1S/C37H43N3O5S/c1-5-29(4)38-37(42)35(25-30-13-9-7-10-14-30)39(26-31-15-11-8-12-16-31)36(41)27-40(32-19-21-33(22-20-32)45-6-2)46(43,44)34-23-17-28(3)18-24-34/h7-24,29,35H,5-6,25-27H2,1-4H3,(H,38,42)/t29-,35+/m0/s1. The van der Waals surface area contributed by atoms with Crippen molar-refractivity contribution in [2.45, 2.75) is 64.1 Å². The molecule has 0 aliphatic carbocycles. The first kappa shape index (κ1) is 34.2. The molecule has 0 saturated carbocycles. The molecule has 0 bridgehead atoms. The Hall–Kier alpha value is -4.63. The molecule has 4 aromatic rings. The van der Waals surface area contributed by atoms with E-state index in [1.165, 1.54) is 17.0 Å². The number of hydrogen-bond donors (Lipinski definition) is 1. The third kappa shape index (κ3) is 8.97. The minimum atomic E-state index is -4.18. The summed E-state index contributed by atoms with van der Waals surface area (Å²) >= 11 is 0. The van der Waals surface area contributed by atoms with Gasteiger partial charge in [-0.2, -0.15) is 0 Å². The Balaban J connectivity index is 1.79. The van der Waals surface area contributed by atoms with Crippen molar-refractivity contribution in [3.63, 3.8) is 0 Å². The molecule has 0 spiro atoms. The smallest absolute Gasteiger partial charge is 0.264 e. The zero-order chi connectivity index (χ0) is 33.1. The molecule has 0 unspecified atom stereocenters. The lowest BCUT2D eigenvalue weighted by molar-refractivity contribution is -0.140. The highest BCUT2D eigenvalue weighted by Crippen LogP contribution is 2.27. The fourth-order valence-corrected chi connectivity index (χ4v) is 6.43. The lowest BCUT2D eigenvalue weighted by Gasteiger charge is -2.34. The van der Waals surface area contributed by atoms with Gasteiger partial charge in [0.15, 0.2) is 0 Å². The van der Waals surface area contributed by atoms with Gasteiger partial charge in [0, 0.05) is 19.0 Å². The Kier molecular flexibility index (Phi) is 12.0. The summed E-state index contributed by atoms with van der Waals surface area (Å²) in [5, 5.41) is 3.06. The SMILES string of the molecule is CCOc1ccc(N(CC(=O)N(Cc2ccccc2)[C@H](Cc2ccccc2)C(=O)N[C@@H](C)CC)S(=O)(=O)c2ccc(C)cc2)cc1. The number of ether oxygens (including phenoxy) is 1. The molecule has 1 N–H and O–H groups in total. The zero-order valence-corrected chi connectivity index (χ0v) is 27.7. The van der Waals surface area contributed by atoms with Gasteiger partial charge in [0.1, 0.15) is 18.3 Å². The predicted molar refractivity (Wildman–Crippen MR) is 182 cm³/mol. The van der Waals surface area contributed by atoms with Gasteiger partial charge < -0.3 is 15.0 Å². The number of anilines is 1. The lowest BCUT2D eigenvalue weighted by atomic mass is 10.0. The average Bonchev–Trinajstić information content (AvgIpc) is 3.06. The van der Waals surface area contributed by atoms with Crippen molar-refractivity contribution < 1.29 is 22.7 Å². The number of rotatable bonds is 15. The summed E-state index contributed by atoms with van der Waals surface area (Å²) in [5.41, 5.74) is 2.92. The number of hydrogen-bond acceptors (Lipinski definition) is 5. The Morgan fingerprint density at radius 3 is 1.96 bits per heavy atom. The van der Waals surface area contributed by atoms with E-state index in [9.17, 15) is 18.0 Å². The van der Waals surface area contributed by atoms with Crippen LogP contribution < -0.4 is 14.4 Å². The fourth-order valence-electron chi connectivity index (χ4n) is 5.02. The van der Waals surface area contributed by atoms with E-state index in [1.54, 1.807) is 36.4 Å². The summed E-state index contributed by atoms with van der Waals surface area (Å²) in [4.78, 5) is 30.0. The molecular formula is C37H43N3O5S. The summed E-state index contributed by atoms with van der Waals surface area (Å²) in [6.07, 6.45) is 0.978. The van der Waals surface area contributed by atoms with E-state index in [0.717, 1.165) is 27.4 Å². The van der Waals surface area contributed by atoms with E-state index in [-0.39, 0.29) is 29.8 Å². The summed E-state index contributed by atoms with van der Waals surface area (Å²) < 4.78 is 35.1. The second kappa shape index (κ2) is 16.1. The van der Waals surface area contributed by atoms with Crippen LogP contribution in [0.3, 0.4) is 0 Å². The minimum Gasteiger partial charge on any atom is -0.494 e. The van der Waals surface area contributed by atoms with Gasteiger partial charge in [-0.3, -0.25) is 13.9 Å². The molecule has 0 saturated heterocycles. The highest BCUT2D eigenvalue weighted by Gasteiger charge is 2.35. The highest BCUT2D eigenvalue weighted by atomic mass is 32.2. The first-order valence-electron chi connectivity index (χ1n) is 15.6. The van der Waals surface area contributed by atoms with Crippen molar-refractivity contribution in [3.05, 3.63) is 126 Å². The molecule has 2 amide bonds. The topological polar surface area (TPSA) is 96.0 Å². The van der Waals surface area contributed by atoms with Gasteiger partial charge in [-0.1, -0.05) is 85.3 Å². The molecule has 2 atom stereocenters. The van der Waals surface area contributed by atoms with Crippen LogP contribution in [0.25, 0.3) is 0 Å². The van der Waals surface area contributed by atoms with Crippen LogP contribution in [0.5, 0.6) is 5.75 Å². The molecule has 0 fully saturated rings. The molecular weight excluding hydrogens is 598 g/mol. The summed E-state index contributed by atoms with van der Waals surface area (Å²) in [5.74, 6) is -0.217. The molecule has 0 radical (unpaired) electrons. The first-order valence-corrected chi connectivity index (χ1v) is 17.1. The number of benzene rings is 4. The second-order valence-electron chi connectivity index (χ2n) is 11.3.